The van der Waals surface area contributed by atoms with Crippen molar-refractivity contribution in [2.45, 2.75) is 0 Å². The highest BCUT2D eigenvalue weighted by Crippen LogP contribution is 2.12. The summed E-state index contributed by atoms with van der Waals surface area (Å²) in [6.07, 6.45) is 2.92. The smallest absolute Gasteiger partial charge is 0.211 e. The Hall–Kier alpha value is -3.56. The van der Waals surface area contributed by atoms with Gasteiger partial charge in [-0.3, -0.25) is 0 Å². The number of furan rings is 2. The van der Waals surface area contributed by atoms with Crippen molar-refractivity contribution in [2.24, 2.45) is 43.3 Å². The Morgan fingerprint density at radius 2 is 1.09 bits per heavy atom. The lowest BCUT2D eigenvalue weighted by molar-refractivity contribution is 0.553. The van der Waals surface area contributed by atoms with Gasteiger partial charge in [0.15, 0.2) is 22.9 Å². The summed E-state index contributed by atoms with van der Waals surface area (Å²) in [5.41, 5.74) is 21.6. The van der Waals surface area contributed by atoms with Gasteiger partial charge in [-0.1, -0.05) is 0 Å². The number of hydrogen-bond donors (Lipinski definition) is 4. The summed E-state index contributed by atoms with van der Waals surface area (Å²) in [4.78, 5) is 0. The highest BCUT2D eigenvalue weighted by Gasteiger charge is 2.20. The topological polar surface area (TPSA) is 180 Å². The van der Waals surface area contributed by atoms with Crippen LogP contribution in [0.5, 0.6) is 0 Å². The van der Waals surface area contributed by atoms with Gasteiger partial charge in [-0.25, -0.2) is 0 Å². The molecular weight excluding hydrogens is 288 g/mol. The normalized spacial score (nSPS) is 12.0. The van der Waals surface area contributed by atoms with E-state index in [0.717, 1.165) is 0 Å². The van der Waals surface area contributed by atoms with Crippen molar-refractivity contribution in [3.63, 3.8) is 0 Å². The number of hydrogen-bond acceptors (Lipinski definition) is 6. The third kappa shape index (κ3) is 3.72. The molecule has 0 spiro atoms. The molecule has 0 atom stereocenters. The van der Waals surface area contributed by atoms with Gasteiger partial charge in [-0.2, -0.15) is 0 Å². The Balaban J connectivity index is 2.59. The van der Waals surface area contributed by atoms with E-state index < -0.39 is 0 Å². The molecule has 0 aromatic carbocycles. The monoisotopic (exact) mass is 302 g/mol. The Bertz CT molecular complexity index is 653. The predicted molar refractivity (Wildman–Crippen MR) is 82.1 cm³/mol. The largest absolute Gasteiger partial charge is 0.463 e. The molecule has 0 saturated carbocycles. The quantitative estimate of drug-likeness (QED) is 0.329. The van der Waals surface area contributed by atoms with Crippen molar-refractivity contribution in [2.75, 3.05) is 0 Å². The van der Waals surface area contributed by atoms with Crippen LogP contribution in [-0.2, 0) is 0 Å². The minimum atomic E-state index is -0.232. The highest BCUT2D eigenvalue weighted by atomic mass is 16.3. The van der Waals surface area contributed by atoms with Gasteiger partial charge in [0.1, 0.15) is 0 Å². The minimum Gasteiger partial charge on any atom is -0.463 e. The number of nitrogens with two attached hydrogens (primary N) is 4. The SMILES string of the molecule is NC(N)=N/N=C(/C(=N/N=C(N)N)c1ccco1)c1ccco1. The molecule has 2 aromatic rings. The van der Waals surface area contributed by atoms with Crippen LogP contribution in [0.4, 0.5) is 0 Å². The van der Waals surface area contributed by atoms with Crippen molar-refractivity contribution >= 4 is 23.3 Å². The lowest BCUT2D eigenvalue weighted by atomic mass is 10.1. The Morgan fingerprint density at radius 3 is 1.36 bits per heavy atom. The van der Waals surface area contributed by atoms with Gasteiger partial charge in [-0.15, -0.1) is 20.4 Å². The highest BCUT2D eigenvalue weighted by molar-refractivity contribution is 6.52. The van der Waals surface area contributed by atoms with Crippen LogP contribution in [0.15, 0.2) is 66.0 Å². The van der Waals surface area contributed by atoms with Crippen LogP contribution in [0.25, 0.3) is 0 Å². The fourth-order valence-corrected chi connectivity index (χ4v) is 1.47. The van der Waals surface area contributed by atoms with Crippen molar-refractivity contribution in [3.8, 4) is 0 Å². The summed E-state index contributed by atoms with van der Waals surface area (Å²) in [7, 11) is 0. The second kappa shape index (κ2) is 6.74. The van der Waals surface area contributed by atoms with Crippen LogP contribution in [-0.4, -0.2) is 23.3 Å². The maximum atomic E-state index is 5.30. The first-order valence-corrected chi connectivity index (χ1v) is 5.99. The van der Waals surface area contributed by atoms with Crippen molar-refractivity contribution in [1.29, 1.82) is 0 Å². The third-order valence-electron chi connectivity index (χ3n) is 2.26. The Labute approximate surface area is 124 Å². The van der Waals surface area contributed by atoms with Crippen LogP contribution in [0.2, 0.25) is 0 Å². The van der Waals surface area contributed by atoms with Crippen LogP contribution in [0.3, 0.4) is 0 Å². The van der Waals surface area contributed by atoms with Crippen LogP contribution in [0.1, 0.15) is 11.5 Å². The van der Waals surface area contributed by atoms with Crippen LogP contribution in [0, 0.1) is 0 Å². The van der Waals surface area contributed by atoms with Gasteiger partial charge in [0.25, 0.3) is 0 Å². The van der Waals surface area contributed by atoms with Gasteiger partial charge in [0.05, 0.1) is 12.5 Å². The molecule has 8 N–H and O–H groups in total. The van der Waals surface area contributed by atoms with Gasteiger partial charge in [-0.05, 0) is 24.3 Å². The fourth-order valence-electron chi connectivity index (χ4n) is 1.47. The predicted octanol–water partition coefficient (Wildman–Crippen LogP) is -0.472. The number of guanidine groups is 2. The number of rotatable bonds is 5. The molecule has 0 radical (unpaired) electrons. The van der Waals surface area contributed by atoms with Gasteiger partial charge < -0.3 is 31.8 Å². The van der Waals surface area contributed by atoms with E-state index in [1.807, 2.05) is 0 Å². The van der Waals surface area contributed by atoms with Crippen molar-refractivity contribution in [1.82, 2.24) is 0 Å². The van der Waals surface area contributed by atoms with E-state index >= 15 is 0 Å². The molecule has 114 valence electrons. The second-order valence-corrected chi connectivity index (χ2v) is 3.90. The van der Waals surface area contributed by atoms with Crippen molar-refractivity contribution < 1.29 is 8.83 Å². The Morgan fingerprint density at radius 1 is 0.682 bits per heavy atom. The molecule has 2 heterocycles. The molecule has 0 fully saturated rings. The Kier molecular flexibility index (Phi) is 4.55. The standard InChI is InChI=1S/C12H14N8O2/c13-11(14)19-17-9(7-3-1-5-21-7)10(18-20-12(15)16)8-4-2-6-22-8/h1-6H,(H4,13,14,19)(H4,15,16,20)/b17-9+,18-10+. The van der Waals surface area contributed by atoms with Gasteiger partial charge in [0.2, 0.25) is 11.9 Å². The minimum absolute atomic E-state index is 0.193. The molecule has 0 aliphatic heterocycles. The summed E-state index contributed by atoms with van der Waals surface area (Å²) in [5, 5.41) is 15.0. The summed E-state index contributed by atoms with van der Waals surface area (Å²) < 4.78 is 10.6. The molecule has 0 amide bonds. The molecule has 10 heteroatoms. The van der Waals surface area contributed by atoms with E-state index in [4.69, 9.17) is 31.8 Å². The third-order valence-corrected chi connectivity index (χ3v) is 2.26. The summed E-state index contributed by atoms with van der Waals surface area (Å²) >= 11 is 0. The van der Waals surface area contributed by atoms with E-state index in [9.17, 15) is 0 Å². The average molecular weight is 302 g/mol. The van der Waals surface area contributed by atoms with E-state index in [0.29, 0.717) is 11.5 Å². The molecule has 22 heavy (non-hydrogen) atoms. The van der Waals surface area contributed by atoms with Crippen molar-refractivity contribution in [3.05, 3.63) is 48.3 Å². The fraction of sp³-hybridized carbons (Fsp3) is 0. The summed E-state index contributed by atoms with van der Waals surface area (Å²) in [5.74, 6) is 0.242. The molecule has 0 bridgehead atoms. The van der Waals surface area contributed by atoms with E-state index in [-0.39, 0.29) is 23.3 Å². The molecule has 2 rings (SSSR count). The maximum Gasteiger partial charge on any atom is 0.211 e. The lowest BCUT2D eigenvalue weighted by Crippen LogP contribution is -2.24. The average Bonchev–Trinajstić information content (AvgIpc) is 3.14. The van der Waals surface area contributed by atoms with Crippen LogP contribution >= 0.6 is 0 Å². The molecule has 0 aliphatic carbocycles. The molecule has 0 saturated heterocycles. The zero-order valence-electron chi connectivity index (χ0n) is 11.4. The summed E-state index contributed by atoms with van der Waals surface area (Å²) in [6.45, 7) is 0. The van der Waals surface area contributed by atoms with E-state index in [1.165, 1.54) is 12.5 Å². The molecular formula is C12H14N8O2. The van der Waals surface area contributed by atoms with Crippen LogP contribution < -0.4 is 22.9 Å². The second-order valence-electron chi connectivity index (χ2n) is 3.90. The molecule has 0 unspecified atom stereocenters. The zero-order chi connectivity index (χ0) is 15.9. The lowest BCUT2D eigenvalue weighted by Gasteiger charge is -2.03. The maximum absolute atomic E-state index is 5.30. The molecule has 0 aliphatic rings. The molecule has 2 aromatic heterocycles. The van der Waals surface area contributed by atoms with Gasteiger partial charge in [0, 0.05) is 0 Å². The van der Waals surface area contributed by atoms with E-state index in [1.54, 1.807) is 24.3 Å². The first kappa shape index (κ1) is 14.8. The zero-order valence-corrected chi connectivity index (χ0v) is 11.4. The van der Waals surface area contributed by atoms with Gasteiger partial charge >= 0.3 is 0 Å². The first-order chi connectivity index (χ1) is 10.6. The molecule has 10 nitrogen and oxygen atoms in total. The first-order valence-electron chi connectivity index (χ1n) is 5.99. The number of nitrogens with zero attached hydrogens (tertiary/aromatic N) is 4. The van der Waals surface area contributed by atoms with E-state index in [2.05, 4.69) is 20.4 Å². The summed E-state index contributed by atoms with van der Waals surface area (Å²) in [6, 6.07) is 6.63.